The molecule has 0 saturated heterocycles. The van der Waals surface area contributed by atoms with Gasteiger partial charge in [-0.3, -0.25) is 0 Å². The molecule has 5 heteroatoms. The molecular weight excluding hydrogens is 263 g/mol. The van der Waals surface area contributed by atoms with E-state index >= 15 is 0 Å². The lowest BCUT2D eigenvalue weighted by Gasteiger charge is -2.28. The summed E-state index contributed by atoms with van der Waals surface area (Å²) >= 11 is 5.99. The number of hydrogen-bond acceptors (Lipinski definition) is 1. The van der Waals surface area contributed by atoms with E-state index in [9.17, 15) is 13.2 Å². The van der Waals surface area contributed by atoms with Gasteiger partial charge in [0.1, 0.15) is 6.54 Å². The van der Waals surface area contributed by atoms with E-state index in [1.54, 1.807) is 18.2 Å². The third kappa shape index (κ3) is 4.77. The quantitative estimate of drug-likeness (QED) is 0.774. The first-order valence-corrected chi connectivity index (χ1v) is 6.14. The summed E-state index contributed by atoms with van der Waals surface area (Å²) < 4.78 is 37.8. The van der Waals surface area contributed by atoms with Gasteiger partial charge in [0, 0.05) is 6.54 Å². The highest BCUT2D eigenvalue weighted by Crippen LogP contribution is 2.30. The van der Waals surface area contributed by atoms with Gasteiger partial charge in [-0.25, -0.2) is 0 Å². The Morgan fingerprint density at radius 2 is 1.89 bits per heavy atom. The number of benzene rings is 1. The highest BCUT2D eigenvalue weighted by molar-refractivity contribution is 6.33. The summed E-state index contributed by atoms with van der Waals surface area (Å²) in [6.45, 7) is 4.94. The lowest BCUT2D eigenvalue weighted by atomic mass is 10.1. The van der Waals surface area contributed by atoms with E-state index in [0.29, 0.717) is 17.3 Å². The molecule has 0 aliphatic heterocycles. The van der Waals surface area contributed by atoms with Gasteiger partial charge in [-0.2, -0.15) is 13.2 Å². The summed E-state index contributed by atoms with van der Waals surface area (Å²) in [6.07, 6.45) is -4.23. The van der Waals surface area contributed by atoms with Crippen molar-refractivity contribution in [2.24, 2.45) is 5.92 Å². The van der Waals surface area contributed by atoms with Crippen LogP contribution in [0.1, 0.15) is 19.4 Å². The molecule has 1 aromatic carbocycles. The number of halogens is 4. The molecule has 0 N–H and O–H groups in total. The monoisotopic (exact) mass is 279 g/mol. The van der Waals surface area contributed by atoms with Gasteiger partial charge in [0.2, 0.25) is 0 Å². The Morgan fingerprint density at radius 3 is 2.39 bits per heavy atom. The molecule has 0 fully saturated rings. The van der Waals surface area contributed by atoms with Crippen LogP contribution in [0.25, 0.3) is 0 Å². The van der Waals surface area contributed by atoms with Crippen molar-refractivity contribution in [3.63, 3.8) is 0 Å². The first-order chi connectivity index (χ1) is 8.19. The van der Waals surface area contributed by atoms with Crippen LogP contribution in [0, 0.1) is 12.8 Å². The second-order valence-electron chi connectivity index (χ2n) is 4.84. The van der Waals surface area contributed by atoms with E-state index < -0.39 is 12.7 Å². The third-order valence-electron chi connectivity index (χ3n) is 2.40. The molecule has 18 heavy (non-hydrogen) atoms. The van der Waals surface area contributed by atoms with Crippen molar-refractivity contribution >= 4 is 17.3 Å². The van der Waals surface area contributed by atoms with Gasteiger partial charge in [0.25, 0.3) is 0 Å². The van der Waals surface area contributed by atoms with Crippen LogP contribution in [0.2, 0.25) is 5.02 Å². The minimum atomic E-state index is -4.23. The summed E-state index contributed by atoms with van der Waals surface area (Å²) in [4.78, 5) is 1.29. The first kappa shape index (κ1) is 15.2. The van der Waals surface area contributed by atoms with Gasteiger partial charge >= 0.3 is 6.18 Å². The van der Waals surface area contributed by atoms with Crippen molar-refractivity contribution in [2.75, 3.05) is 18.0 Å². The van der Waals surface area contributed by atoms with Crippen LogP contribution in [-0.4, -0.2) is 19.3 Å². The Bertz CT molecular complexity index is 402. The van der Waals surface area contributed by atoms with Crippen LogP contribution in [-0.2, 0) is 0 Å². The van der Waals surface area contributed by atoms with Crippen molar-refractivity contribution in [2.45, 2.75) is 26.9 Å². The average molecular weight is 280 g/mol. The maximum atomic E-state index is 12.6. The number of anilines is 1. The Balaban J connectivity index is 3.04. The largest absolute Gasteiger partial charge is 0.405 e. The first-order valence-electron chi connectivity index (χ1n) is 5.77. The predicted molar refractivity (Wildman–Crippen MR) is 69.3 cm³/mol. The zero-order valence-electron chi connectivity index (χ0n) is 10.7. The van der Waals surface area contributed by atoms with Gasteiger partial charge in [-0.15, -0.1) is 0 Å². The highest BCUT2D eigenvalue weighted by Gasteiger charge is 2.31. The molecule has 0 aliphatic carbocycles. The molecule has 0 saturated carbocycles. The van der Waals surface area contributed by atoms with Gasteiger partial charge in [0.05, 0.1) is 10.7 Å². The molecule has 0 spiro atoms. The minimum Gasteiger partial charge on any atom is -0.361 e. The van der Waals surface area contributed by atoms with Crippen molar-refractivity contribution < 1.29 is 13.2 Å². The van der Waals surface area contributed by atoms with Crippen LogP contribution < -0.4 is 4.90 Å². The van der Waals surface area contributed by atoms with E-state index in [1.807, 2.05) is 20.8 Å². The van der Waals surface area contributed by atoms with Gasteiger partial charge in [-0.1, -0.05) is 31.5 Å². The van der Waals surface area contributed by atoms with E-state index in [-0.39, 0.29) is 5.92 Å². The average Bonchev–Trinajstić information content (AvgIpc) is 2.18. The Labute approximate surface area is 111 Å². The molecule has 1 aromatic rings. The van der Waals surface area contributed by atoms with E-state index in [1.165, 1.54) is 4.90 Å². The molecule has 0 bridgehead atoms. The maximum absolute atomic E-state index is 12.6. The Kier molecular flexibility index (Phi) is 4.91. The van der Waals surface area contributed by atoms with Gasteiger partial charge in [-0.05, 0) is 30.5 Å². The van der Waals surface area contributed by atoms with Crippen LogP contribution in [0.15, 0.2) is 18.2 Å². The van der Waals surface area contributed by atoms with E-state index in [0.717, 1.165) is 5.56 Å². The third-order valence-corrected chi connectivity index (χ3v) is 2.72. The number of nitrogens with zero attached hydrogens (tertiary/aromatic N) is 1. The molecule has 0 atom stereocenters. The predicted octanol–water partition coefficient (Wildman–Crippen LogP) is 4.67. The van der Waals surface area contributed by atoms with E-state index in [2.05, 4.69) is 0 Å². The fourth-order valence-electron chi connectivity index (χ4n) is 1.77. The topological polar surface area (TPSA) is 3.24 Å². The van der Waals surface area contributed by atoms with Crippen LogP contribution in [0.5, 0.6) is 0 Å². The van der Waals surface area contributed by atoms with Crippen LogP contribution in [0.3, 0.4) is 0 Å². The highest BCUT2D eigenvalue weighted by atomic mass is 35.5. The molecule has 0 heterocycles. The number of aryl methyl sites for hydroxylation is 1. The molecule has 0 aromatic heterocycles. The standard InChI is InChI=1S/C13H17ClF3N/c1-9(2)7-18(8-13(15,16)17)12-6-10(3)4-5-11(12)14/h4-6,9H,7-8H2,1-3H3. The second-order valence-corrected chi connectivity index (χ2v) is 5.25. The molecule has 1 nitrogen and oxygen atoms in total. The minimum absolute atomic E-state index is 0.129. The summed E-state index contributed by atoms with van der Waals surface area (Å²) in [6, 6.07) is 5.11. The number of rotatable bonds is 4. The fourth-order valence-corrected chi connectivity index (χ4v) is 2.01. The summed E-state index contributed by atoms with van der Waals surface area (Å²) in [7, 11) is 0. The molecule has 102 valence electrons. The zero-order valence-corrected chi connectivity index (χ0v) is 11.4. The zero-order chi connectivity index (χ0) is 13.9. The molecule has 0 aliphatic rings. The van der Waals surface area contributed by atoms with Gasteiger partial charge < -0.3 is 4.90 Å². The molecule has 0 radical (unpaired) electrons. The number of hydrogen-bond donors (Lipinski definition) is 0. The van der Waals surface area contributed by atoms with Crippen molar-refractivity contribution in [3.8, 4) is 0 Å². The summed E-state index contributed by atoms with van der Waals surface area (Å²) in [5, 5.41) is 0.352. The van der Waals surface area contributed by atoms with Crippen molar-refractivity contribution in [3.05, 3.63) is 28.8 Å². The van der Waals surface area contributed by atoms with E-state index in [4.69, 9.17) is 11.6 Å². The molecular formula is C13H17ClF3N. The van der Waals surface area contributed by atoms with Gasteiger partial charge in [0.15, 0.2) is 0 Å². The smallest absolute Gasteiger partial charge is 0.361 e. The summed E-state index contributed by atoms with van der Waals surface area (Å²) in [5.74, 6) is 0.129. The Hall–Kier alpha value is -0.900. The normalized spacial score (nSPS) is 12.0. The SMILES string of the molecule is Cc1ccc(Cl)c(N(CC(C)C)CC(F)(F)F)c1. The summed E-state index contributed by atoms with van der Waals surface area (Å²) in [5.41, 5.74) is 1.34. The molecule has 0 amide bonds. The van der Waals surface area contributed by atoms with Crippen molar-refractivity contribution in [1.29, 1.82) is 0 Å². The van der Waals surface area contributed by atoms with Crippen LogP contribution in [0.4, 0.5) is 18.9 Å². The number of alkyl halides is 3. The lowest BCUT2D eigenvalue weighted by Crippen LogP contribution is -2.37. The molecule has 0 unspecified atom stereocenters. The second kappa shape index (κ2) is 5.83. The lowest BCUT2D eigenvalue weighted by molar-refractivity contribution is -0.119. The Morgan fingerprint density at radius 1 is 1.28 bits per heavy atom. The molecule has 1 rings (SSSR count). The fraction of sp³-hybridized carbons (Fsp3) is 0.538. The van der Waals surface area contributed by atoms with Crippen LogP contribution >= 0.6 is 11.6 Å². The van der Waals surface area contributed by atoms with Crippen molar-refractivity contribution in [1.82, 2.24) is 0 Å². The maximum Gasteiger partial charge on any atom is 0.405 e.